The summed E-state index contributed by atoms with van der Waals surface area (Å²) < 4.78 is 2.72. The maximum Gasteiger partial charge on any atom is 0.103 e. The van der Waals surface area contributed by atoms with Crippen LogP contribution >= 0.6 is 27.5 Å². The van der Waals surface area contributed by atoms with Crippen molar-refractivity contribution in [2.24, 2.45) is 0 Å². The maximum atomic E-state index is 5.96. The number of halogens is 2. The van der Waals surface area contributed by atoms with Gasteiger partial charge in [0.2, 0.25) is 0 Å². The molecule has 0 saturated carbocycles. The first-order valence-corrected chi connectivity index (χ1v) is 7.32. The van der Waals surface area contributed by atoms with E-state index in [1.807, 2.05) is 29.8 Å². The van der Waals surface area contributed by atoms with Crippen molar-refractivity contribution in [3.05, 3.63) is 39.1 Å². The molecule has 1 aromatic heterocycles. The van der Waals surface area contributed by atoms with E-state index in [1.54, 1.807) is 0 Å². The minimum absolute atomic E-state index is 0.185. The number of benzene rings is 1. The molecule has 0 saturated heterocycles. The molecule has 19 heavy (non-hydrogen) atoms. The molecule has 1 heterocycles. The van der Waals surface area contributed by atoms with Gasteiger partial charge in [-0.05, 0) is 54.5 Å². The van der Waals surface area contributed by atoms with E-state index in [4.69, 9.17) is 11.6 Å². The quantitative estimate of drug-likeness (QED) is 0.921. The molecule has 1 atom stereocenters. The van der Waals surface area contributed by atoms with Gasteiger partial charge >= 0.3 is 0 Å². The summed E-state index contributed by atoms with van der Waals surface area (Å²) in [5.41, 5.74) is 2.92. The van der Waals surface area contributed by atoms with Gasteiger partial charge in [0.05, 0.1) is 17.4 Å². The Kier molecular flexibility index (Phi) is 4.60. The highest BCUT2D eigenvalue weighted by Gasteiger charge is 2.16. The highest BCUT2D eigenvalue weighted by molar-refractivity contribution is 9.10. The Labute approximate surface area is 126 Å². The maximum absolute atomic E-state index is 5.96. The van der Waals surface area contributed by atoms with Crippen LogP contribution < -0.4 is 5.32 Å². The standard InChI is InChI=1S/C13H16BrClN4/c1-4-16-8(2)13-9(3)19(18-17-13)12-6-5-10(15)7-11(12)14/h5-8,16H,4H2,1-3H3. The van der Waals surface area contributed by atoms with Crippen LogP contribution in [-0.4, -0.2) is 21.5 Å². The fourth-order valence-corrected chi connectivity index (χ4v) is 2.88. The Bertz CT molecular complexity index is 582. The van der Waals surface area contributed by atoms with Crippen LogP contribution in [0.2, 0.25) is 5.02 Å². The van der Waals surface area contributed by atoms with Gasteiger partial charge in [-0.15, -0.1) is 5.10 Å². The summed E-state index contributed by atoms with van der Waals surface area (Å²) in [4.78, 5) is 0. The minimum Gasteiger partial charge on any atom is -0.309 e. The second-order valence-electron chi connectivity index (χ2n) is 4.35. The molecular weight excluding hydrogens is 328 g/mol. The molecule has 0 aliphatic rings. The van der Waals surface area contributed by atoms with Gasteiger partial charge in [-0.1, -0.05) is 23.7 Å². The van der Waals surface area contributed by atoms with E-state index < -0.39 is 0 Å². The van der Waals surface area contributed by atoms with Crippen LogP contribution in [0.1, 0.15) is 31.3 Å². The number of nitrogens with zero attached hydrogens (tertiary/aromatic N) is 3. The number of rotatable bonds is 4. The molecule has 0 fully saturated rings. The van der Waals surface area contributed by atoms with Gasteiger partial charge in [0.15, 0.2) is 0 Å². The molecule has 2 rings (SSSR count). The van der Waals surface area contributed by atoms with Gasteiger partial charge < -0.3 is 5.32 Å². The molecule has 0 spiro atoms. The first-order valence-electron chi connectivity index (χ1n) is 6.15. The Hall–Kier alpha value is -0.910. The van der Waals surface area contributed by atoms with Gasteiger partial charge in [0.1, 0.15) is 5.69 Å². The Morgan fingerprint density at radius 2 is 2.21 bits per heavy atom. The third-order valence-electron chi connectivity index (χ3n) is 2.99. The van der Waals surface area contributed by atoms with Crippen molar-refractivity contribution in [2.45, 2.75) is 26.8 Å². The van der Waals surface area contributed by atoms with Crippen LogP contribution in [0.25, 0.3) is 5.69 Å². The zero-order valence-corrected chi connectivity index (χ0v) is 13.5. The Balaban J connectivity index is 2.41. The third kappa shape index (κ3) is 2.99. The predicted octanol–water partition coefficient (Wildman–Crippen LogP) is 3.66. The van der Waals surface area contributed by atoms with Gasteiger partial charge in [-0.2, -0.15) is 0 Å². The number of hydrogen-bond acceptors (Lipinski definition) is 3. The fraction of sp³-hybridized carbons (Fsp3) is 0.385. The second kappa shape index (κ2) is 6.03. The number of aromatic nitrogens is 3. The molecule has 0 aliphatic heterocycles. The van der Waals surface area contributed by atoms with E-state index in [1.165, 1.54) is 0 Å². The molecule has 4 nitrogen and oxygen atoms in total. The molecule has 6 heteroatoms. The topological polar surface area (TPSA) is 42.7 Å². The lowest BCUT2D eigenvalue weighted by Gasteiger charge is -2.11. The lowest BCUT2D eigenvalue weighted by atomic mass is 10.2. The molecule has 1 aromatic carbocycles. The van der Waals surface area contributed by atoms with E-state index in [9.17, 15) is 0 Å². The predicted molar refractivity (Wildman–Crippen MR) is 80.9 cm³/mol. The van der Waals surface area contributed by atoms with Crippen molar-refractivity contribution in [1.29, 1.82) is 0 Å². The SMILES string of the molecule is CCNC(C)c1nnn(-c2ccc(Cl)cc2Br)c1C. The van der Waals surface area contributed by atoms with E-state index in [0.29, 0.717) is 5.02 Å². The monoisotopic (exact) mass is 342 g/mol. The van der Waals surface area contributed by atoms with Crippen molar-refractivity contribution in [3.63, 3.8) is 0 Å². The van der Waals surface area contributed by atoms with E-state index in [0.717, 1.165) is 28.1 Å². The first-order chi connectivity index (χ1) is 9.04. The summed E-state index contributed by atoms with van der Waals surface area (Å²) in [6, 6.07) is 5.81. The smallest absolute Gasteiger partial charge is 0.103 e. The minimum atomic E-state index is 0.185. The Morgan fingerprint density at radius 3 is 2.84 bits per heavy atom. The highest BCUT2D eigenvalue weighted by Crippen LogP contribution is 2.26. The van der Waals surface area contributed by atoms with Crippen molar-refractivity contribution < 1.29 is 0 Å². The summed E-state index contributed by atoms with van der Waals surface area (Å²) >= 11 is 9.46. The zero-order valence-electron chi connectivity index (χ0n) is 11.1. The van der Waals surface area contributed by atoms with Crippen LogP contribution in [0.4, 0.5) is 0 Å². The molecule has 0 radical (unpaired) electrons. The molecule has 1 N–H and O–H groups in total. The van der Waals surface area contributed by atoms with Crippen molar-refractivity contribution >= 4 is 27.5 Å². The number of nitrogens with one attached hydrogen (secondary N) is 1. The van der Waals surface area contributed by atoms with Gasteiger partial charge in [0.25, 0.3) is 0 Å². The lowest BCUT2D eigenvalue weighted by molar-refractivity contribution is 0.579. The molecule has 1 unspecified atom stereocenters. The van der Waals surface area contributed by atoms with E-state index in [2.05, 4.69) is 45.4 Å². The van der Waals surface area contributed by atoms with Crippen molar-refractivity contribution in [1.82, 2.24) is 20.3 Å². The van der Waals surface area contributed by atoms with Crippen LogP contribution in [0, 0.1) is 6.92 Å². The molecule has 102 valence electrons. The van der Waals surface area contributed by atoms with Crippen LogP contribution in [0.5, 0.6) is 0 Å². The number of hydrogen-bond donors (Lipinski definition) is 1. The molecule has 2 aromatic rings. The largest absolute Gasteiger partial charge is 0.309 e. The normalized spacial score (nSPS) is 12.7. The van der Waals surface area contributed by atoms with Gasteiger partial charge in [0, 0.05) is 9.50 Å². The third-order valence-corrected chi connectivity index (χ3v) is 3.86. The first kappa shape index (κ1) is 14.5. The Morgan fingerprint density at radius 1 is 1.47 bits per heavy atom. The van der Waals surface area contributed by atoms with E-state index >= 15 is 0 Å². The van der Waals surface area contributed by atoms with Crippen LogP contribution in [0.15, 0.2) is 22.7 Å². The summed E-state index contributed by atoms with van der Waals surface area (Å²) in [5.74, 6) is 0. The summed E-state index contributed by atoms with van der Waals surface area (Å²) in [5, 5.41) is 12.5. The summed E-state index contributed by atoms with van der Waals surface area (Å²) in [6.07, 6.45) is 0. The average Bonchev–Trinajstić information content (AvgIpc) is 2.72. The van der Waals surface area contributed by atoms with Crippen LogP contribution in [-0.2, 0) is 0 Å². The summed E-state index contributed by atoms with van der Waals surface area (Å²) in [7, 11) is 0. The highest BCUT2D eigenvalue weighted by atomic mass is 79.9. The fourth-order valence-electron chi connectivity index (χ4n) is 2.03. The van der Waals surface area contributed by atoms with Gasteiger partial charge in [-0.25, -0.2) is 4.68 Å². The van der Waals surface area contributed by atoms with Crippen molar-refractivity contribution in [3.8, 4) is 5.69 Å². The summed E-state index contributed by atoms with van der Waals surface area (Å²) in [6.45, 7) is 7.08. The molecule has 0 amide bonds. The van der Waals surface area contributed by atoms with E-state index in [-0.39, 0.29) is 6.04 Å². The van der Waals surface area contributed by atoms with Gasteiger partial charge in [-0.3, -0.25) is 0 Å². The zero-order chi connectivity index (χ0) is 14.0. The van der Waals surface area contributed by atoms with Crippen molar-refractivity contribution in [2.75, 3.05) is 6.54 Å². The molecule has 0 bridgehead atoms. The molecule has 0 aliphatic carbocycles. The molecular formula is C13H16BrClN4. The lowest BCUT2D eigenvalue weighted by Crippen LogP contribution is -2.19. The second-order valence-corrected chi connectivity index (χ2v) is 5.64. The van der Waals surface area contributed by atoms with Crippen LogP contribution in [0.3, 0.4) is 0 Å². The average molecular weight is 344 g/mol.